The van der Waals surface area contributed by atoms with Crippen molar-refractivity contribution in [2.24, 2.45) is 5.92 Å². The number of aromatic nitrogens is 1. The third-order valence-electron chi connectivity index (χ3n) is 6.73. The van der Waals surface area contributed by atoms with Gasteiger partial charge in [-0.05, 0) is 56.9 Å². The third-order valence-corrected chi connectivity index (χ3v) is 8.61. The second kappa shape index (κ2) is 10.5. The first kappa shape index (κ1) is 23.5. The average molecular weight is 471 g/mol. The highest BCUT2D eigenvalue weighted by atomic mass is 32.2. The number of likely N-dealkylation sites (tertiary alicyclic amines) is 1. The zero-order chi connectivity index (χ0) is 23.3. The number of pyridine rings is 1. The number of amides is 1. The maximum absolute atomic E-state index is 13.2. The summed E-state index contributed by atoms with van der Waals surface area (Å²) in [5, 5.41) is 0. The highest BCUT2D eigenvalue weighted by molar-refractivity contribution is 7.92. The number of hydrogen-bond donors (Lipinski definition) is 0. The Bertz CT molecular complexity index is 1010. The standard InChI is InChI=1S/C25H34N4O3S/c1-2-29(22-10-6-5-7-11-22)33(31,32)23-12-13-24(26-20-23)27-18-14-21(15-19-27)25(30)28-16-8-3-4-9-17-28/h5-7,10-13,20-21H,2-4,8-9,14-19H2,1H3. The molecule has 2 saturated heterocycles. The highest BCUT2D eigenvalue weighted by Crippen LogP contribution is 2.27. The number of nitrogens with zero attached hydrogens (tertiary/aromatic N) is 4. The van der Waals surface area contributed by atoms with E-state index in [4.69, 9.17) is 0 Å². The van der Waals surface area contributed by atoms with Crippen molar-refractivity contribution in [2.75, 3.05) is 41.9 Å². The quantitative estimate of drug-likeness (QED) is 0.640. The fraction of sp³-hybridized carbons (Fsp3) is 0.520. The minimum absolute atomic E-state index is 0.0861. The molecule has 7 nitrogen and oxygen atoms in total. The molecule has 0 radical (unpaired) electrons. The Morgan fingerprint density at radius 2 is 1.64 bits per heavy atom. The summed E-state index contributed by atoms with van der Waals surface area (Å²) in [7, 11) is -3.68. The number of benzene rings is 1. The zero-order valence-corrected chi connectivity index (χ0v) is 20.2. The van der Waals surface area contributed by atoms with Gasteiger partial charge >= 0.3 is 0 Å². The van der Waals surface area contributed by atoms with Crippen molar-refractivity contribution in [3.8, 4) is 0 Å². The number of para-hydroxylation sites is 1. The van der Waals surface area contributed by atoms with E-state index in [0.717, 1.165) is 57.7 Å². The van der Waals surface area contributed by atoms with Gasteiger partial charge in [0, 0.05) is 44.8 Å². The number of carbonyl (C=O) groups is 1. The minimum atomic E-state index is -3.68. The lowest BCUT2D eigenvalue weighted by molar-refractivity contribution is -0.136. The summed E-state index contributed by atoms with van der Waals surface area (Å²) < 4.78 is 27.7. The molecular weight excluding hydrogens is 436 g/mol. The van der Waals surface area contributed by atoms with Crippen molar-refractivity contribution >= 4 is 27.4 Å². The van der Waals surface area contributed by atoms with Gasteiger partial charge in [-0.25, -0.2) is 13.4 Å². The smallest absolute Gasteiger partial charge is 0.265 e. The molecular formula is C25H34N4O3S. The van der Waals surface area contributed by atoms with E-state index in [9.17, 15) is 13.2 Å². The molecule has 0 spiro atoms. The molecule has 2 aliphatic rings. The van der Waals surface area contributed by atoms with Gasteiger partial charge in [0.2, 0.25) is 5.91 Å². The van der Waals surface area contributed by atoms with Crippen LogP contribution in [-0.2, 0) is 14.8 Å². The van der Waals surface area contributed by atoms with Crippen LogP contribution in [-0.4, -0.2) is 56.9 Å². The Morgan fingerprint density at radius 1 is 0.970 bits per heavy atom. The van der Waals surface area contributed by atoms with Crippen molar-refractivity contribution < 1.29 is 13.2 Å². The Kier molecular flexibility index (Phi) is 7.53. The molecule has 8 heteroatoms. The third kappa shape index (κ3) is 5.32. The Labute approximate surface area is 197 Å². The van der Waals surface area contributed by atoms with Crippen LogP contribution in [0.5, 0.6) is 0 Å². The lowest BCUT2D eigenvalue weighted by Gasteiger charge is -2.34. The fourth-order valence-electron chi connectivity index (χ4n) is 4.83. The van der Waals surface area contributed by atoms with Crippen LogP contribution in [0.15, 0.2) is 53.6 Å². The summed E-state index contributed by atoms with van der Waals surface area (Å²) in [4.78, 5) is 21.8. The van der Waals surface area contributed by atoms with E-state index in [2.05, 4.69) is 14.8 Å². The number of piperidine rings is 1. The Morgan fingerprint density at radius 3 is 2.21 bits per heavy atom. The number of carbonyl (C=O) groups excluding carboxylic acids is 1. The van der Waals surface area contributed by atoms with E-state index < -0.39 is 10.0 Å². The summed E-state index contributed by atoms with van der Waals surface area (Å²) in [5.41, 5.74) is 0.639. The first-order valence-electron chi connectivity index (χ1n) is 12.1. The van der Waals surface area contributed by atoms with Gasteiger partial charge in [0.1, 0.15) is 10.7 Å². The molecule has 4 rings (SSSR count). The van der Waals surface area contributed by atoms with Crippen molar-refractivity contribution in [3.63, 3.8) is 0 Å². The van der Waals surface area contributed by atoms with E-state index in [1.165, 1.54) is 23.3 Å². The monoisotopic (exact) mass is 470 g/mol. The number of hydrogen-bond acceptors (Lipinski definition) is 5. The van der Waals surface area contributed by atoms with Crippen LogP contribution in [0.4, 0.5) is 11.5 Å². The van der Waals surface area contributed by atoms with Crippen molar-refractivity contribution in [1.29, 1.82) is 0 Å². The van der Waals surface area contributed by atoms with Crippen LogP contribution in [0.1, 0.15) is 45.4 Å². The number of anilines is 2. The Hall–Kier alpha value is -2.61. The summed E-state index contributed by atoms with van der Waals surface area (Å²) in [5.74, 6) is 1.16. The molecule has 2 fully saturated rings. The lowest BCUT2D eigenvalue weighted by atomic mass is 9.95. The van der Waals surface area contributed by atoms with Crippen LogP contribution in [0.25, 0.3) is 0 Å². The molecule has 0 unspecified atom stereocenters. The first-order valence-corrected chi connectivity index (χ1v) is 13.5. The second-order valence-corrected chi connectivity index (χ2v) is 10.7. The maximum Gasteiger partial charge on any atom is 0.265 e. The molecule has 0 saturated carbocycles. The van der Waals surface area contributed by atoms with Crippen LogP contribution in [0.2, 0.25) is 0 Å². The van der Waals surface area contributed by atoms with E-state index in [-0.39, 0.29) is 10.8 Å². The summed E-state index contributed by atoms with van der Waals surface area (Å²) >= 11 is 0. The van der Waals surface area contributed by atoms with Gasteiger partial charge < -0.3 is 9.80 Å². The van der Waals surface area contributed by atoms with Crippen LogP contribution in [0, 0.1) is 5.92 Å². The molecule has 0 bridgehead atoms. The molecule has 2 aromatic rings. The predicted molar refractivity (Wildman–Crippen MR) is 131 cm³/mol. The first-order chi connectivity index (χ1) is 16.0. The van der Waals surface area contributed by atoms with E-state index in [1.807, 2.05) is 25.1 Å². The van der Waals surface area contributed by atoms with Crippen molar-refractivity contribution in [3.05, 3.63) is 48.7 Å². The Balaban J connectivity index is 1.39. The predicted octanol–water partition coefficient (Wildman–Crippen LogP) is 3.92. The molecule has 0 atom stereocenters. The van der Waals surface area contributed by atoms with Gasteiger partial charge in [-0.1, -0.05) is 31.0 Å². The van der Waals surface area contributed by atoms with Crippen molar-refractivity contribution in [2.45, 2.75) is 50.3 Å². The molecule has 2 aliphatic heterocycles. The van der Waals surface area contributed by atoms with Gasteiger partial charge in [0.15, 0.2) is 0 Å². The summed E-state index contributed by atoms with van der Waals surface area (Å²) in [6.45, 7) is 5.47. The molecule has 33 heavy (non-hydrogen) atoms. The van der Waals surface area contributed by atoms with Gasteiger partial charge in [-0.15, -0.1) is 0 Å². The van der Waals surface area contributed by atoms with Gasteiger partial charge in [0.25, 0.3) is 10.0 Å². The molecule has 3 heterocycles. The van der Waals surface area contributed by atoms with Crippen LogP contribution in [0.3, 0.4) is 0 Å². The minimum Gasteiger partial charge on any atom is -0.357 e. The molecule has 1 amide bonds. The van der Waals surface area contributed by atoms with Crippen LogP contribution >= 0.6 is 0 Å². The molecule has 0 aliphatic carbocycles. The lowest BCUT2D eigenvalue weighted by Crippen LogP contribution is -2.43. The second-order valence-electron chi connectivity index (χ2n) is 8.86. The maximum atomic E-state index is 13.2. The normalized spacial score (nSPS) is 18.1. The summed E-state index contributed by atoms with van der Waals surface area (Å²) in [6, 6.07) is 12.5. The van der Waals surface area contributed by atoms with E-state index in [1.54, 1.807) is 24.3 Å². The van der Waals surface area contributed by atoms with Gasteiger partial charge in [0.05, 0.1) is 5.69 Å². The molecule has 1 aromatic heterocycles. The van der Waals surface area contributed by atoms with E-state index in [0.29, 0.717) is 18.1 Å². The summed E-state index contributed by atoms with van der Waals surface area (Å²) in [6.07, 6.45) is 7.75. The van der Waals surface area contributed by atoms with E-state index >= 15 is 0 Å². The molecule has 178 valence electrons. The fourth-order valence-corrected chi connectivity index (χ4v) is 6.25. The number of sulfonamides is 1. The van der Waals surface area contributed by atoms with Gasteiger partial charge in [-0.3, -0.25) is 9.10 Å². The topological polar surface area (TPSA) is 73.8 Å². The highest BCUT2D eigenvalue weighted by Gasteiger charge is 2.30. The van der Waals surface area contributed by atoms with Crippen molar-refractivity contribution in [1.82, 2.24) is 9.88 Å². The largest absolute Gasteiger partial charge is 0.357 e. The molecule has 1 aromatic carbocycles. The molecule has 0 N–H and O–H groups in total. The average Bonchev–Trinajstić information content (AvgIpc) is 3.14. The number of rotatable bonds is 6. The zero-order valence-electron chi connectivity index (χ0n) is 19.4. The SMILES string of the molecule is CCN(c1ccccc1)S(=O)(=O)c1ccc(N2CCC(C(=O)N3CCCCCC3)CC2)nc1. The van der Waals surface area contributed by atoms with Crippen LogP contribution < -0.4 is 9.21 Å². The van der Waals surface area contributed by atoms with Gasteiger partial charge in [-0.2, -0.15) is 0 Å².